The Bertz CT molecular complexity index is 438. The van der Waals surface area contributed by atoms with E-state index in [1.807, 2.05) is 12.1 Å². The van der Waals surface area contributed by atoms with Crippen LogP contribution < -0.4 is 0 Å². The maximum Gasteiger partial charge on any atom is 0.185 e. The predicted octanol–water partition coefficient (Wildman–Crippen LogP) is 4.17. The van der Waals surface area contributed by atoms with Crippen molar-refractivity contribution in [2.45, 2.75) is 19.3 Å². The molecule has 0 atom stereocenters. The van der Waals surface area contributed by atoms with Crippen molar-refractivity contribution < 1.29 is 9.59 Å². The number of allylic oxidation sites excluding steroid dienone is 2. The monoisotopic (exact) mass is 328 g/mol. The van der Waals surface area contributed by atoms with Crippen molar-refractivity contribution in [2.24, 2.45) is 0 Å². The highest BCUT2D eigenvalue weighted by Crippen LogP contribution is 2.11. The Kier molecular flexibility index (Phi) is 6.91. The molecule has 0 fully saturated rings. The molecule has 1 rings (SSSR count). The van der Waals surface area contributed by atoms with E-state index < -0.39 is 0 Å². The zero-order chi connectivity index (χ0) is 13.4. The normalized spacial score (nSPS) is 10.8. The first-order chi connectivity index (χ1) is 8.63. The van der Waals surface area contributed by atoms with E-state index in [-0.39, 0.29) is 17.4 Å². The Morgan fingerprint density at radius 2 is 1.89 bits per heavy atom. The van der Waals surface area contributed by atoms with Gasteiger partial charge in [0.25, 0.3) is 0 Å². The molecule has 4 heteroatoms. The van der Waals surface area contributed by atoms with Crippen LogP contribution >= 0.6 is 27.5 Å². The lowest BCUT2D eigenvalue weighted by Gasteiger charge is -1.96. The van der Waals surface area contributed by atoms with Crippen LogP contribution in [0.25, 0.3) is 0 Å². The molecule has 1 aromatic carbocycles. The number of rotatable bonds is 7. The molecule has 0 aliphatic heterocycles. The third-order valence-electron chi connectivity index (χ3n) is 2.37. The molecule has 0 aliphatic carbocycles. The van der Waals surface area contributed by atoms with Crippen LogP contribution in [0, 0.1) is 0 Å². The van der Waals surface area contributed by atoms with Crippen molar-refractivity contribution in [3.05, 3.63) is 46.5 Å². The fourth-order valence-electron chi connectivity index (χ4n) is 1.38. The highest BCUT2D eigenvalue weighted by molar-refractivity contribution is 9.10. The summed E-state index contributed by atoms with van der Waals surface area (Å²) in [4.78, 5) is 22.7. The molecule has 0 radical (unpaired) electrons. The van der Waals surface area contributed by atoms with E-state index in [9.17, 15) is 9.59 Å². The van der Waals surface area contributed by atoms with Crippen LogP contribution in [0.1, 0.15) is 29.6 Å². The summed E-state index contributed by atoms with van der Waals surface area (Å²) in [6, 6.07) is 7.21. The maximum absolute atomic E-state index is 11.7. The third-order valence-corrected chi connectivity index (χ3v) is 3.20. The molecular weight excluding hydrogens is 316 g/mol. The van der Waals surface area contributed by atoms with Crippen LogP contribution in [0.15, 0.2) is 40.9 Å². The van der Waals surface area contributed by atoms with Crippen LogP contribution in [0.3, 0.4) is 0 Å². The van der Waals surface area contributed by atoms with E-state index >= 15 is 0 Å². The van der Waals surface area contributed by atoms with Crippen molar-refractivity contribution in [2.75, 3.05) is 5.88 Å². The van der Waals surface area contributed by atoms with E-state index in [4.69, 9.17) is 11.6 Å². The summed E-state index contributed by atoms with van der Waals surface area (Å²) in [5.74, 6) is 0.0946. The molecule has 0 heterocycles. The minimum absolute atomic E-state index is 0.0221. The van der Waals surface area contributed by atoms with Gasteiger partial charge in [0.15, 0.2) is 5.78 Å². The highest BCUT2D eigenvalue weighted by Gasteiger charge is 2.01. The molecule has 0 aliphatic rings. The molecule has 0 aromatic heterocycles. The van der Waals surface area contributed by atoms with Gasteiger partial charge >= 0.3 is 0 Å². The van der Waals surface area contributed by atoms with Gasteiger partial charge in [0.2, 0.25) is 0 Å². The molecule has 0 unspecified atom stereocenters. The van der Waals surface area contributed by atoms with Gasteiger partial charge in [-0.05, 0) is 43.2 Å². The van der Waals surface area contributed by atoms with Gasteiger partial charge in [0, 0.05) is 16.5 Å². The number of hydrogen-bond acceptors (Lipinski definition) is 2. The Hall–Kier alpha value is -0.930. The Morgan fingerprint density at radius 1 is 1.22 bits per heavy atom. The standard InChI is InChI=1S/C14H14BrClO2/c15-12-8-6-11(7-9-12)14(18)5-3-1-2-4-13(17)10-16/h3,5-9H,1-2,4,10H2/b5-3+. The smallest absolute Gasteiger partial charge is 0.185 e. The number of carbonyl (C=O) groups is 2. The van der Waals surface area contributed by atoms with E-state index in [0.29, 0.717) is 18.4 Å². The van der Waals surface area contributed by atoms with Gasteiger partial charge in [-0.3, -0.25) is 9.59 Å². The second-order valence-corrected chi connectivity index (χ2v) is 5.02. The summed E-state index contributed by atoms with van der Waals surface area (Å²) in [7, 11) is 0. The average Bonchev–Trinajstić information content (AvgIpc) is 2.38. The van der Waals surface area contributed by atoms with E-state index in [0.717, 1.165) is 10.9 Å². The number of alkyl halides is 1. The summed E-state index contributed by atoms with van der Waals surface area (Å²) in [6.45, 7) is 0. The molecule has 0 amide bonds. The Balaban J connectivity index is 2.36. The Morgan fingerprint density at radius 3 is 2.50 bits per heavy atom. The SMILES string of the molecule is O=C(CCl)CCC/C=C/C(=O)c1ccc(Br)cc1. The average molecular weight is 330 g/mol. The third kappa shape index (κ3) is 5.61. The molecule has 2 nitrogen and oxygen atoms in total. The first-order valence-corrected chi connectivity index (χ1v) is 7.00. The summed E-state index contributed by atoms with van der Waals surface area (Å²) in [5, 5.41) is 0. The van der Waals surface area contributed by atoms with Crippen molar-refractivity contribution >= 4 is 39.1 Å². The van der Waals surface area contributed by atoms with Crippen LogP contribution in [-0.4, -0.2) is 17.4 Å². The lowest BCUT2D eigenvalue weighted by molar-refractivity contribution is -0.116. The zero-order valence-corrected chi connectivity index (χ0v) is 12.2. The van der Waals surface area contributed by atoms with Crippen LogP contribution in [0.2, 0.25) is 0 Å². The first-order valence-electron chi connectivity index (χ1n) is 5.67. The number of carbonyl (C=O) groups excluding carboxylic acids is 2. The fraction of sp³-hybridized carbons (Fsp3) is 0.286. The van der Waals surface area contributed by atoms with Crippen molar-refractivity contribution in [3.63, 3.8) is 0 Å². The van der Waals surface area contributed by atoms with Gasteiger partial charge < -0.3 is 0 Å². The van der Waals surface area contributed by atoms with Crippen LogP contribution in [-0.2, 0) is 4.79 Å². The van der Waals surface area contributed by atoms with Crippen molar-refractivity contribution in [1.29, 1.82) is 0 Å². The molecule has 0 saturated carbocycles. The Labute approximate surface area is 120 Å². The topological polar surface area (TPSA) is 34.1 Å². The van der Waals surface area contributed by atoms with E-state index in [2.05, 4.69) is 15.9 Å². The fourth-order valence-corrected chi connectivity index (χ4v) is 1.78. The number of hydrogen-bond donors (Lipinski definition) is 0. The molecule has 0 bridgehead atoms. The van der Waals surface area contributed by atoms with Crippen LogP contribution in [0.4, 0.5) is 0 Å². The van der Waals surface area contributed by atoms with Gasteiger partial charge in [-0.15, -0.1) is 11.6 Å². The minimum atomic E-state index is -0.0221. The number of halogens is 2. The molecule has 0 N–H and O–H groups in total. The predicted molar refractivity (Wildman–Crippen MR) is 77.2 cm³/mol. The lowest BCUT2D eigenvalue weighted by Crippen LogP contribution is -1.98. The first kappa shape index (κ1) is 15.1. The number of benzene rings is 1. The van der Waals surface area contributed by atoms with Gasteiger partial charge in [0.05, 0.1) is 5.88 Å². The number of Topliss-reactive ketones (excluding diaryl/α,β-unsaturated/α-hetero) is 1. The zero-order valence-electron chi connectivity index (χ0n) is 9.86. The van der Waals surface area contributed by atoms with Gasteiger partial charge in [-0.1, -0.05) is 22.0 Å². The molecule has 96 valence electrons. The number of ketones is 2. The van der Waals surface area contributed by atoms with Crippen molar-refractivity contribution in [1.82, 2.24) is 0 Å². The molecule has 18 heavy (non-hydrogen) atoms. The molecule has 0 saturated heterocycles. The van der Waals surface area contributed by atoms with Crippen LogP contribution in [0.5, 0.6) is 0 Å². The van der Waals surface area contributed by atoms with Crippen molar-refractivity contribution in [3.8, 4) is 0 Å². The second kappa shape index (κ2) is 8.22. The van der Waals surface area contributed by atoms with Gasteiger partial charge in [-0.2, -0.15) is 0 Å². The second-order valence-electron chi connectivity index (χ2n) is 3.84. The highest BCUT2D eigenvalue weighted by atomic mass is 79.9. The molecular formula is C14H14BrClO2. The summed E-state index contributed by atoms with van der Waals surface area (Å²) in [5.41, 5.74) is 0.659. The summed E-state index contributed by atoms with van der Waals surface area (Å²) < 4.78 is 0.947. The largest absolute Gasteiger partial charge is 0.298 e. The molecule has 0 spiro atoms. The van der Waals surface area contributed by atoms with Gasteiger partial charge in [0.1, 0.15) is 5.78 Å². The number of unbranched alkanes of at least 4 members (excludes halogenated alkanes) is 1. The summed E-state index contributed by atoms with van der Waals surface area (Å²) in [6.07, 6.45) is 5.27. The maximum atomic E-state index is 11.7. The molecule has 1 aromatic rings. The van der Waals surface area contributed by atoms with E-state index in [1.165, 1.54) is 0 Å². The lowest BCUT2D eigenvalue weighted by atomic mass is 10.1. The minimum Gasteiger partial charge on any atom is -0.298 e. The quantitative estimate of drug-likeness (QED) is 0.326. The van der Waals surface area contributed by atoms with Gasteiger partial charge in [-0.25, -0.2) is 0 Å². The van der Waals surface area contributed by atoms with E-state index in [1.54, 1.807) is 24.3 Å². The summed E-state index contributed by atoms with van der Waals surface area (Å²) >= 11 is 8.70.